The number of primary amides is 1. The maximum Gasteiger partial charge on any atom is 0.273 e. The van der Waals surface area contributed by atoms with Crippen LogP contribution in [0.15, 0.2) is 48.5 Å². The summed E-state index contributed by atoms with van der Waals surface area (Å²) in [6, 6.07) is 11.4. The lowest BCUT2D eigenvalue weighted by Gasteiger charge is -2.33. The van der Waals surface area contributed by atoms with Crippen LogP contribution in [0.4, 0.5) is 15.8 Å². The summed E-state index contributed by atoms with van der Waals surface area (Å²) in [6.45, 7) is 7.28. The second kappa shape index (κ2) is 9.60. The summed E-state index contributed by atoms with van der Waals surface area (Å²) in [4.78, 5) is 39.9. The summed E-state index contributed by atoms with van der Waals surface area (Å²) in [6.07, 6.45) is 0. The van der Waals surface area contributed by atoms with Gasteiger partial charge >= 0.3 is 0 Å². The molecule has 0 radical (unpaired) electrons. The third kappa shape index (κ3) is 5.23. The van der Waals surface area contributed by atoms with Gasteiger partial charge in [0.2, 0.25) is 5.91 Å². The lowest BCUT2D eigenvalue weighted by Crippen LogP contribution is -2.49. The van der Waals surface area contributed by atoms with E-state index in [1.54, 1.807) is 51.1 Å². The third-order valence-corrected chi connectivity index (χ3v) is 5.74. The van der Waals surface area contributed by atoms with Gasteiger partial charge in [0.05, 0.1) is 11.4 Å². The number of halogens is 1. The molecule has 0 saturated carbocycles. The fourth-order valence-corrected chi connectivity index (χ4v) is 4.10. The van der Waals surface area contributed by atoms with Gasteiger partial charge in [-0.1, -0.05) is 42.0 Å². The molecule has 0 saturated heterocycles. The van der Waals surface area contributed by atoms with Gasteiger partial charge < -0.3 is 16.8 Å². The van der Waals surface area contributed by atoms with Crippen LogP contribution in [-0.4, -0.2) is 27.6 Å². The highest BCUT2D eigenvalue weighted by atomic mass is 32.1. The molecule has 8 nitrogen and oxygen atoms in total. The first-order valence-electron chi connectivity index (χ1n) is 10.4. The highest BCUT2D eigenvalue weighted by Crippen LogP contribution is 2.34. The van der Waals surface area contributed by atoms with Crippen molar-refractivity contribution in [1.82, 2.24) is 9.69 Å². The Kier molecular flexibility index (Phi) is 7.01. The number of nitrogens with two attached hydrogens (primary N) is 2. The van der Waals surface area contributed by atoms with E-state index in [9.17, 15) is 14.4 Å². The maximum atomic E-state index is 15.0. The third-order valence-electron chi connectivity index (χ3n) is 4.88. The van der Waals surface area contributed by atoms with Gasteiger partial charge in [0.15, 0.2) is 5.69 Å². The first kappa shape index (κ1) is 24.8. The number of hydrogen-bond donors (Lipinski definition) is 3. The Labute approximate surface area is 200 Å². The van der Waals surface area contributed by atoms with Gasteiger partial charge in [-0.15, -0.1) is 0 Å². The van der Waals surface area contributed by atoms with E-state index in [1.807, 2.05) is 6.92 Å². The minimum absolute atomic E-state index is 0.127. The number of aromatic nitrogens is 1. The molecule has 0 spiro atoms. The zero-order valence-electron chi connectivity index (χ0n) is 19.3. The van der Waals surface area contributed by atoms with Gasteiger partial charge in [0.25, 0.3) is 11.8 Å². The minimum atomic E-state index is -1.25. The van der Waals surface area contributed by atoms with Crippen molar-refractivity contribution < 1.29 is 18.8 Å². The molecule has 3 amide bonds. The van der Waals surface area contributed by atoms with E-state index >= 15 is 4.39 Å². The van der Waals surface area contributed by atoms with Crippen LogP contribution in [0.1, 0.15) is 58.1 Å². The summed E-state index contributed by atoms with van der Waals surface area (Å²) in [5.41, 5.74) is 11.5. The molecular weight excluding hydrogens is 457 g/mol. The number of carbonyl (C=O) groups excluding carboxylic acids is 3. The highest BCUT2D eigenvalue weighted by Gasteiger charge is 2.38. The molecule has 1 aromatic heterocycles. The zero-order valence-corrected chi connectivity index (χ0v) is 20.1. The number of amides is 3. The van der Waals surface area contributed by atoms with Gasteiger partial charge in [-0.25, -0.2) is 4.39 Å². The molecule has 0 fully saturated rings. The van der Waals surface area contributed by atoms with E-state index < -0.39 is 35.1 Å². The molecule has 5 N–H and O–H groups in total. The number of carbonyl (C=O) groups is 3. The quantitative estimate of drug-likeness (QED) is 0.493. The van der Waals surface area contributed by atoms with E-state index in [2.05, 4.69) is 9.69 Å². The molecule has 10 heteroatoms. The van der Waals surface area contributed by atoms with E-state index in [0.717, 1.165) is 10.5 Å². The number of nitrogen functional groups attached to an aromatic ring is 1. The molecule has 3 rings (SSSR count). The van der Waals surface area contributed by atoms with Crippen molar-refractivity contribution in [1.29, 1.82) is 0 Å². The SMILES string of the molecule is Cc1ccc(C(C(=O)NC(C)(C)C)N(C(=O)c2snc(C(N)=O)c2N)c2ccccc2F)cc1. The lowest BCUT2D eigenvalue weighted by molar-refractivity contribution is -0.123. The number of nitrogens with zero attached hydrogens (tertiary/aromatic N) is 2. The number of para-hydroxylation sites is 1. The van der Waals surface area contributed by atoms with Crippen molar-refractivity contribution in [2.24, 2.45) is 5.73 Å². The van der Waals surface area contributed by atoms with Crippen LogP contribution in [-0.2, 0) is 4.79 Å². The maximum absolute atomic E-state index is 15.0. The lowest BCUT2D eigenvalue weighted by atomic mass is 9.99. The summed E-state index contributed by atoms with van der Waals surface area (Å²) in [5, 5.41) is 2.87. The number of anilines is 2. The van der Waals surface area contributed by atoms with Gasteiger partial charge in [-0.2, -0.15) is 4.37 Å². The van der Waals surface area contributed by atoms with Crippen LogP contribution in [0.25, 0.3) is 0 Å². The second-order valence-electron chi connectivity index (χ2n) is 8.82. The van der Waals surface area contributed by atoms with Crippen LogP contribution in [0, 0.1) is 12.7 Å². The number of aryl methyl sites for hydroxylation is 1. The second-order valence-corrected chi connectivity index (χ2v) is 9.59. The van der Waals surface area contributed by atoms with Crippen molar-refractivity contribution in [2.45, 2.75) is 39.3 Å². The molecular formula is C24H26FN5O3S. The van der Waals surface area contributed by atoms with Gasteiger partial charge in [-0.3, -0.25) is 19.3 Å². The van der Waals surface area contributed by atoms with Crippen LogP contribution < -0.4 is 21.7 Å². The van der Waals surface area contributed by atoms with Crippen LogP contribution >= 0.6 is 11.5 Å². The standard InChI is InChI=1S/C24H26FN5O3S/c1-13-9-11-14(12-10-13)19(22(32)28-24(2,3)4)30(16-8-6-5-7-15(16)25)23(33)20-17(26)18(21(27)31)29-34-20/h5-12,19H,26H2,1-4H3,(H2,27,31)(H,28,32). The Morgan fingerprint density at radius 1 is 1.09 bits per heavy atom. The summed E-state index contributed by atoms with van der Waals surface area (Å²) in [5.74, 6) is -2.92. The fourth-order valence-electron chi connectivity index (χ4n) is 3.36. The summed E-state index contributed by atoms with van der Waals surface area (Å²) in [7, 11) is 0. The Balaban J connectivity index is 2.25. The topological polar surface area (TPSA) is 131 Å². The monoisotopic (exact) mass is 483 g/mol. The van der Waals surface area contributed by atoms with Crippen molar-refractivity contribution in [3.63, 3.8) is 0 Å². The van der Waals surface area contributed by atoms with E-state index in [-0.39, 0.29) is 21.9 Å². The molecule has 1 heterocycles. The van der Waals surface area contributed by atoms with Crippen molar-refractivity contribution in [3.05, 3.63) is 76.0 Å². The number of rotatable bonds is 6. The smallest absolute Gasteiger partial charge is 0.273 e. The molecule has 178 valence electrons. The molecule has 0 aliphatic heterocycles. The molecule has 0 bridgehead atoms. The number of benzene rings is 2. The Morgan fingerprint density at radius 3 is 2.24 bits per heavy atom. The molecule has 34 heavy (non-hydrogen) atoms. The predicted molar refractivity (Wildman–Crippen MR) is 130 cm³/mol. The molecule has 0 aliphatic carbocycles. The highest BCUT2D eigenvalue weighted by molar-refractivity contribution is 7.09. The van der Waals surface area contributed by atoms with E-state index in [1.165, 1.54) is 18.2 Å². The van der Waals surface area contributed by atoms with E-state index in [4.69, 9.17) is 11.5 Å². The Bertz CT molecular complexity index is 1230. The zero-order chi connectivity index (χ0) is 25.2. The number of hydrogen-bond acceptors (Lipinski definition) is 6. The van der Waals surface area contributed by atoms with E-state index in [0.29, 0.717) is 17.1 Å². The molecule has 1 unspecified atom stereocenters. The average molecular weight is 484 g/mol. The van der Waals surface area contributed by atoms with Gasteiger partial charge in [0, 0.05) is 5.54 Å². The van der Waals surface area contributed by atoms with Crippen LogP contribution in [0.5, 0.6) is 0 Å². The Hall–Kier alpha value is -3.79. The van der Waals surface area contributed by atoms with Crippen molar-refractivity contribution in [3.8, 4) is 0 Å². The molecule has 3 aromatic rings. The molecule has 2 aromatic carbocycles. The van der Waals surface area contributed by atoms with Gasteiger partial charge in [0.1, 0.15) is 16.7 Å². The van der Waals surface area contributed by atoms with Crippen molar-refractivity contribution >= 4 is 40.6 Å². The first-order chi connectivity index (χ1) is 15.9. The Morgan fingerprint density at radius 2 is 1.71 bits per heavy atom. The fraction of sp³-hybridized carbons (Fsp3) is 0.250. The normalized spacial score (nSPS) is 12.1. The van der Waals surface area contributed by atoms with Crippen LogP contribution in [0.3, 0.4) is 0 Å². The predicted octanol–water partition coefficient (Wildman–Crippen LogP) is 3.57. The molecule has 1 atom stereocenters. The summed E-state index contributed by atoms with van der Waals surface area (Å²) < 4.78 is 18.9. The average Bonchev–Trinajstić information content (AvgIpc) is 3.13. The largest absolute Gasteiger partial charge is 0.395 e. The van der Waals surface area contributed by atoms with Gasteiger partial charge in [-0.05, 0) is 56.9 Å². The first-order valence-corrected chi connectivity index (χ1v) is 11.2. The molecule has 0 aliphatic rings. The number of nitrogens with one attached hydrogen (secondary N) is 1. The minimum Gasteiger partial charge on any atom is -0.395 e. The van der Waals surface area contributed by atoms with Crippen molar-refractivity contribution in [2.75, 3.05) is 10.6 Å². The van der Waals surface area contributed by atoms with Crippen LogP contribution in [0.2, 0.25) is 0 Å². The summed E-state index contributed by atoms with van der Waals surface area (Å²) >= 11 is 0.660.